The number of hydrogen-bond acceptors (Lipinski definition) is 2. The summed E-state index contributed by atoms with van der Waals surface area (Å²) < 4.78 is 6.27. The highest BCUT2D eigenvalue weighted by Gasteiger charge is 2.19. The summed E-state index contributed by atoms with van der Waals surface area (Å²) in [6.45, 7) is 0. The summed E-state index contributed by atoms with van der Waals surface area (Å²) in [6.07, 6.45) is 0. The van der Waals surface area contributed by atoms with Crippen molar-refractivity contribution >= 4 is 49.8 Å². The van der Waals surface area contributed by atoms with Gasteiger partial charge in [-0.15, -0.1) is 0 Å². The number of furan rings is 1. The molecule has 11 aromatic carbocycles. The summed E-state index contributed by atoms with van der Waals surface area (Å²) in [6, 6.07) is 93.9. The molecule has 0 radical (unpaired) electrons. The molecule has 0 unspecified atom stereocenters. The standard InChI is InChI=1S/C64H43NO/c1-2-13-44(14-3-1)52-18-11-20-55(43-52)58-21-6-8-24-61(58)65(57-39-35-49(36-40-57)59-23-12-26-63-64(59)60-22-7-9-25-62(60)66-63)56-37-33-47(34-38-56)46-27-29-48(30-28-46)51-17-10-19-53(41-51)54-32-31-45-15-4-5-16-50(45)42-54/h1-43H. The second-order valence-electron chi connectivity index (χ2n) is 16.9. The molecule has 0 bridgehead atoms. The highest BCUT2D eigenvalue weighted by Crippen LogP contribution is 2.44. The van der Waals surface area contributed by atoms with Gasteiger partial charge in [0.2, 0.25) is 0 Å². The quantitative estimate of drug-likeness (QED) is 0.144. The highest BCUT2D eigenvalue weighted by atomic mass is 16.3. The van der Waals surface area contributed by atoms with Crippen molar-refractivity contribution < 1.29 is 4.42 Å². The molecule has 2 nitrogen and oxygen atoms in total. The third-order valence-corrected chi connectivity index (χ3v) is 12.9. The van der Waals surface area contributed by atoms with E-state index < -0.39 is 0 Å². The molecule has 0 fully saturated rings. The van der Waals surface area contributed by atoms with Crippen LogP contribution in [0.5, 0.6) is 0 Å². The molecule has 0 atom stereocenters. The zero-order valence-corrected chi connectivity index (χ0v) is 36.2. The van der Waals surface area contributed by atoms with E-state index in [1.807, 2.05) is 12.1 Å². The van der Waals surface area contributed by atoms with Crippen LogP contribution in [-0.2, 0) is 0 Å². The molecule has 0 saturated carbocycles. The van der Waals surface area contributed by atoms with Gasteiger partial charge in [-0.3, -0.25) is 0 Å². The van der Waals surface area contributed by atoms with Gasteiger partial charge in [0.25, 0.3) is 0 Å². The first-order chi connectivity index (χ1) is 32.7. The summed E-state index contributed by atoms with van der Waals surface area (Å²) in [7, 11) is 0. The van der Waals surface area contributed by atoms with Crippen LogP contribution in [0.4, 0.5) is 17.1 Å². The van der Waals surface area contributed by atoms with E-state index in [9.17, 15) is 0 Å². The normalized spacial score (nSPS) is 11.3. The molecule has 12 rings (SSSR count). The zero-order valence-electron chi connectivity index (χ0n) is 36.2. The molecule has 2 heteroatoms. The van der Waals surface area contributed by atoms with Crippen molar-refractivity contribution in [1.82, 2.24) is 0 Å². The fourth-order valence-electron chi connectivity index (χ4n) is 9.55. The van der Waals surface area contributed by atoms with Crippen LogP contribution in [0.3, 0.4) is 0 Å². The molecule has 0 amide bonds. The lowest BCUT2D eigenvalue weighted by molar-refractivity contribution is 0.669. The van der Waals surface area contributed by atoms with Crippen molar-refractivity contribution in [2.24, 2.45) is 0 Å². The molecule has 310 valence electrons. The highest BCUT2D eigenvalue weighted by molar-refractivity contribution is 6.12. The van der Waals surface area contributed by atoms with E-state index >= 15 is 0 Å². The zero-order chi connectivity index (χ0) is 43.8. The Morgan fingerprint density at radius 1 is 0.258 bits per heavy atom. The van der Waals surface area contributed by atoms with Gasteiger partial charge in [0.1, 0.15) is 11.2 Å². The number of hydrogen-bond donors (Lipinski definition) is 0. The van der Waals surface area contributed by atoms with Gasteiger partial charge in [-0.2, -0.15) is 0 Å². The van der Waals surface area contributed by atoms with E-state index in [1.165, 1.54) is 49.7 Å². The van der Waals surface area contributed by atoms with Gasteiger partial charge in [-0.25, -0.2) is 0 Å². The Balaban J connectivity index is 0.901. The summed E-state index contributed by atoms with van der Waals surface area (Å²) in [5.41, 5.74) is 19.2. The lowest BCUT2D eigenvalue weighted by atomic mass is 9.95. The molecule has 12 aromatic rings. The number of anilines is 3. The van der Waals surface area contributed by atoms with Gasteiger partial charge >= 0.3 is 0 Å². The third-order valence-electron chi connectivity index (χ3n) is 12.9. The Kier molecular flexibility index (Phi) is 9.89. The Bertz CT molecular complexity index is 3680. The first kappa shape index (κ1) is 38.9. The monoisotopic (exact) mass is 841 g/mol. The predicted octanol–water partition coefficient (Wildman–Crippen LogP) is 18.2. The maximum atomic E-state index is 6.27. The third kappa shape index (κ3) is 7.31. The smallest absolute Gasteiger partial charge is 0.136 e. The molecule has 0 aliphatic rings. The van der Waals surface area contributed by atoms with Gasteiger partial charge in [0.05, 0.1) is 5.69 Å². The first-order valence-electron chi connectivity index (χ1n) is 22.6. The lowest BCUT2D eigenvalue weighted by Crippen LogP contribution is -2.11. The second-order valence-corrected chi connectivity index (χ2v) is 16.9. The van der Waals surface area contributed by atoms with Crippen LogP contribution < -0.4 is 4.90 Å². The molecule has 0 N–H and O–H groups in total. The minimum Gasteiger partial charge on any atom is -0.456 e. The molecule has 1 aromatic heterocycles. The van der Waals surface area contributed by atoms with Crippen molar-refractivity contribution in [2.75, 3.05) is 4.90 Å². The number of fused-ring (bicyclic) bond motifs is 4. The summed E-state index contributed by atoms with van der Waals surface area (Å²) >= 11 is 0. The van der Waals surface area contributed by atoms with Crippen molar-refractivity contribution in [1.29, 1.82) is 0 Å². The van der Waals surface area contributed by atoms with Crippen LogP contribution in [0.2, 0.25) is 0 Å². The van der Waals surface area contributed by atoms with Crippen LogP contribution in [-0.4, -0.2) is 0 Å². The molecular formula is C64H43NO. The van der Waals surface area contributed by atoms with Gasteiger partial charge in [-0.05, 0) is 133 Å². The SMILES string of the molecule is c1ccc(-c2cccc(-c3ccccc3N(c3ccc(-c4ccc(-c5cccc(-c6ccc7ccccc7c6)c5)cc4)cc3)c3ccc(-c4cccc5oc6ccccc6c45)cc3)c2)cc1. The van der Waals surface area contributed by atoms with E-state index in [1.54, 1.807) is 0 Å². The van der Waals surface area contributed by atoms with E-state index in [2.05, 4.69) is 254 Å². The van der Waals surface area contributed by atoms with Crippen LogP contribution in [0.15, 0.2) is 265 Å². The van der Waals surface area contributed by atoms with Crippen LogP contribution in [0.1, 0.15) is 0 Å². The van der Waals surface area contributed by atoms with Gasteiger partial charge in [-0.1, -0.05) is 200 Å². The van der Waals surface area contributed by atoms with E-state index in [0.29, 0.717) is 0 Å². The Morgan fingerprint density at radius 2 is 0.712 bits per heavy atom. The molecule has 0 aliphatic heterocycles. The van der Waals surface area contributed by atoms with Crippen molar-refractivity contribution in [2.45, 2.75) is 0 Å². The first-order valence-corrected chi connectivity index (χ1v) is 22.6. The molecule has 1 heterocycles. The van der Waals surface area contributed by atoms with E-state index in [-0.39, 0.29) is 0 Å². The average Bonchev–Trinajstić information content (AvgIpc) is 3.79. The largest absolute Gasteiger partial charge is 0.456 e. The summed E-state index contributed by atoms with van der Waals surface area (Å²) in [4.78, 5) is 2.39. The Labute approximate surface area is 384 Å². The summed E-state index contributed by atoms with van der Waals surface area (Å²) in [5.74, 6) is 0. The number of para-hydroxylation sites is 2. The topological polar surface area (TPSA) is 16.4 Å². The van der Waals surface area contributed by atoms with E-state index in [0.717, 1.165) is 66.8 Å². The fraction of sp³-hybridized carbons (Fsp3) is 0. The van der Waals surface area contributed by atoms with Crippen LogP contribution >= 0.6 is 0 Å². The molecule has 66 heavy (non-hydrogen) atoms. The molecule has 0 spiro atoms. The minimum atomic E-state index is 0.895. The second kappa shape index (κ2) is 16.8. The fourth-order valence-corrected chi connectivity index (χ4v) is 9.55. The predicted molar refractivity (Wildman–Crippen MR) is 279 cm³/mol. The average molecular weight is 842 g/mol. The maximum Gasteiger partial charge on any atom is 0.136 e. The van der Waals surface area contributed by atoms with Gasteiger partial charge in [0.15, 0.2) is 0 Å². The number of nitrogens with zero attached hydrogens (tertiary/aromatic N) is 1. The van der Waals surface area contributed by atoms with E-state index in [4.69, 9.17) is 4.42 Å². The summed E-state index contributed by atoms with van der Waals surface area (Å²) in [5, 5.41) is 4.77. The lowest BCUT2D eigenvalue weighted by Gasteiger charge is -2.28. The van der Waals surface area contributed by atoms with Crippen LogP contribution in [0, 0.1) is 0 Å². The Morgan fingerprint density at radius 3 is 1.45 bits per heavy atom. The van der Waals surface area contributed by atoms with Crippen molar-refractivity contribution in [3.05, 3.63) is 261 Å². The number of benzene rings is 11. The maximum absolute atomic E-state index is 6.27. The minimum absolute atomic E-state index is 0.895. The van der Waals surface area contributed by atoms with Crippen molar-refractivity contribution in [3.63, 3.8) is 0 Å². The van der Waals surface area contributed by atoms with Crippen molar-refractivity contribution in [3.8, 4) is 66.8 Å². The van der Waals surface area contributed by atoms with Gasteiger partial charge < -0.3 is 9.32 Å². The van der Waals surface area contributed by atoms with Gasteiger partial charge in [0, 0.05) is 27.7 Å². The van der Waals surface area contributed by atoms with Crippen LogP contribution in [0.25, 0.3) is 99.5 Å². The molecule has 0 aliphatic carbocycles. The number of rotatable bonds is 9. The molecular weight excluding hydrogens is 799 g/mol. The Hall–Kier alpha value is -8.72. The molecule has 0 saturated heterocycles.